The molecule has 0 rings (SSSR count). The molecule has 0 fully saturated rings. The van der Waals surface area contributed by atoms with E-state index in [4.69, 9.17) is 4.74 Å². The van der Waals surface area contributed by atoms with Crippen LogP contribution in [0.25, 0.3) is 0 Å². The van der Waals surface area contributed by atoms with Gasteiger partial charge in [-0.25, -0.2) is 0 Å². The number of rotatable bonds is 8. The number of nitrogens with zero attached hydrogens (tertiary/aromatic N) is 1. The third-order valence-corrected chi connectivity index (χ3v) is 2.45. The summed E-state index contributed by atoms with van der Waals surface area (Å²) < 4.78 is 5.07. The van der Waals surface area contributed by atoms with E-state index in [-0.39, 0.29) is 6.10 Å². The SMILES string of the molecule is COCCN(CC(C)C)CC(O)C(C)C. The maximum Gasteiger partial charge on any atom is 0.0689 e. The van der Waals surface area contributed by atoms with Crippen molar-refractivity contribution in [3.05, 3.63) is 0 Å². The molecule has 0 aromatic heterocycles. The molecule has 0 saturated carbocycles. The summed E-state index contributed by atoms with van der Waals surface area (Å²) in [5.41, 5.74) is 0. The summed E-state index contributed by atoms with van der Waals surface area (Å²) in [4.78, 5) is 2.28. The number of hydrogen-bond acceptors (Lipinski definition) is 3. The van der Waals surface area contributed by atoms with Crippen LogP contribution in [-0.4, -0.2) is 49.5 Å². The van der Waals surface area contributed by atoms with Crippen LogP contribution in [-0.2, 0) is 4.74 Å². The lowest BCUT2D eigenvalue weighted by Gasteiger charge is -2.27. The largest absolute Gasteiger partial charge is 0.392 e. The molecule has 92 valence electrons. The van der Waals surface area contributed by atoms with Gasteiger partial charge in [-0.3, -0.25) is 4.90 Å². The molecule has 0 bridgehead atoms. The second-order valence-corrected chi connectivity index (χ2v) is 4.96. The van der Waals surface area contributed by atoms with Crippen LogP contribution in [0.5, 0.6) is 0 Å². The van der Waals surface area contributed by atoms with E-state index in [1.807, 2.05) is 0 Å². The van der Waals surface area contributed by atoms with Gasteiger partial charge < -0.3 is 9.84 Å². The zero-order valence-electron chi connectivity index (χ0n) is 10.9. The van der Waals surface area contributed by atoms with Gasteiger partial charge in [0.15, 0.2) is 0 Å². The first-order valence-corrected chi connectivity index (χ1v) is 5.86. The summed E-state index contributed by atoms with van der Waals surface area (Å²) >= 11 is 0. The number of ether oxygens (including phenoxy) is 1. The molecule has 1 unspecified atom stereocenters. The molecular weight excluding hydrogens is 190 g/mol. The van der Waals surface area contributed by atoms with E-state index in [2.05, 4.69) is 32.6 Å². The van der Waals surface area contributed by atoms with E-state index in [9.17, 15) is 5.11 Å². The molecule has 1 N–H and O–H groups in total. The van der Waals surface area contributed by atoms with E-state index in [0.29, 0.717) is 11.8 Å². The Hall–Kier alpha value is -0.120. The molecule has 0 aliphatic rings. The van der Waals surface area contributed by atoms with Crippen molar-refractivity contribution in [3.8, 4) is 0 Å². The van der Waals surface area contributed by atoms with Crippen LogP contribution in [0, 0.1) is 11.8 Å². The van der Waals surface area contributed by atoms with Crippen molar-refractivity contribution in [2.24, 2.45) is 11.8 Å². The molecule has 0 aliphatic carbocycles. The van der Waals surface area contributed by atoms with Crippen molar-refractivity contribution >= 4 is 0 Å². The molecule has 0 aliphatic heterocycles. The third kappa shape index (κ3) is 7.77. The Labute approximate surface area is 94.4 Å². The fourth-order valence-corrected chi connectivity index (χ4v) is 1.47. The third-order valence-electron chi connectivity index (χ3n) is 2.45. The monoisotopic (exact) mass is 217 g/mol. The van der Waals surface area contributed by atoms with Crippen molar-refractivity contribution in [3.63, 3.8) is 0 Å². The predicted molar refractivity (Wildman–Crippen MR) is 64.0 cm³/mol. The normalized spacial score (nSPS) is 14.2. The van der Waals surface area contributed by atoms with Crippen LogP contribution in [0.3, 0.4) is 0 Å². The average Bonchev–Trinajstić information content (AvgIpc) is 2.13. The van der Waals surface area contributed by atoms with E-state index < -0.39 is 0 Å². The van der Waals surface area contributed by atoms with Crippen LogP contribution in [0.4, 0.5) is 0 Å². The lowest BCUT2D eigenvalue weighted by Crippen LogP contribution is -2.39. The number of methoxy groups -OCH3 is 1. The Morgan fingerprint density at radius 3 is 2.13 bits per heavy atom. The van der Waals surface area contributed by atoms with Gasteiger partial charge >= 0.3 is 0 Å². The van der Waals surface area contributed by atoms with Gasteiger partial charge in [-0.1, -0.05) is 27.7 Å². The van der Waals surface area contributed by atoms with Gasteiger partial charge in [0.05, 0.1) is 12.7 Å². The quantitative estimate of drug-likeness (QED) is 0.670. The van der Waals surface area contributed by atoms with Gasteiger partial charge in [0, 0.05) is 26.7 Å². The van der Waals surface area contributed by atoms with Crippen molar-refractivity contribution in [1.82, 2.24) is 4.90 Å². The minimum absolute atomic E-state index is 0.236. The van der Waals surface area contributed by atoms with Gasteiger partial charge in [-0.05, 0) is 11.8 Å². The maximum absolute atomic E-state index is 9.83. The first kappa shape index (κ1) is 14.9. The summed E-state index contributed by atoms with van der Waals surface area (Å²) in [5, 5.41) is 9.83. The van der Waals surface area contributed by atoms with Gasteiger partial charge in [-0.15, -0.1) is 0 Å². The lowest BCUT2D eigenvalue weighted by atomic mass is 10.1. The molecule has 3 heteroatoms. The highest BCUT2D eigenvalue weighted by Crippen LogP contribution is 2.06. The first-order valence-electron chi connectivity index (χ1n) is 5.86. The van der Waals surface area contributed by atoms with E-state index in [1.165, 1.54) is 0 Å². The molecule has 3 nitrogen and oxygen atoms in total. The van der Waals surface area contributed by atoms with Gasteiger partial charge in [0.2, 0.25) is 0 Å². The van der Waals surface area contributed by atoms with Gasteiger partial charge in [0.25, 0.3) is 0 Å². The Balaban J connectivity index is 3.99. The fraction of sp³-hybridized carbons (Fsp3) is 1.00. The van der Waals surface area contributed by atoms with Gasteiger partial charge in [-0.2, -0.15) is 0 Å². The van der Waals surface area contributed by atoms with Crippen molar-refractivity contribution in [2.75, 3.05) is 33.4 Å². The number of hydrogen-bond donors (Lipinski definition) is 1. The van der Waals surface area contributed by atoms with E-state index in [1.54, 1.807) is 7.11 Å². The molecule has 0 aromatic carbocycles. The topological polar surface area (TPSA) is 32.7 Å². The Morgan fingerprint density at radius 1 is 1.13 bits per heavy atom. The highest BCUT2D eigenvalue weighted by molar-refractivity contribution is 4.68. The minimum atomic E-state index is -0.236. The minimum Gasteiger partial charge on any atom is -0.392 e. The second-order valence-electron chi connectivity index (χ2n) is 4.96. The Bertz CT molecular complexity index is 149. The summed E-state index contributed by atoms with van der Waals surface area (Å²) in [6, 6.07) is 0. The zero-order valence-corrected chi connectivity index (χ0v) is 10.9. The molecule has 0 aromatic rings. The van der Waals surface area contributed by atoms with Crippen LogP contribution < -0.4 is 0 Å². The highest BCUT2D eigenvalue weighted by Gasteiger charge is 2.15. The molecular formula is C12H27NO2. The van der Waals surface area contributed by atoms with Gasteiger partial charge in [0.1, 0.15) is 0 Å². The van der Waals surface area contributed by atoms with Crippen molar-refractivity contribution in [1.29, 1.82) is 0 Å². The molecule has 15 heavy (non-hydrogen) atoms. The summed E-state index contributed by atoms with van der Waals surface area (Å²) in [6.07, 6.45) is -0.236. The zero-order chi connectivity index (χ0) is 11.8. The number of aliphatic hydroxyl groups is 1. The molecule has 1 atom stereocenters. The standard InChI is InChI=1S/C12H27NO2/c1-10(2)8-13(6-7-15-5)9-12(14)11(3)4/h10-12,14H,6-9H2,1-5H3. The molecule has 0 saturated heterocycles. The van der Waals surface area contributed by atoms with E-state index >= 15 is 0 Å². The summed E-state index contributed by atoms with van der Waals surface area (Å²) in [5.74, 6) is 0.948. The fourth-order valence-electron chi connectivity index (χ4n) is 1.47. The van der Waals surface area contributed by atoms with Crippen LogP contribution in [0.1, 0.15) is 27.7 Å². The van der Waals surface area contributed by atoms with Crippen molar-refractivity contribution in [2.45, 2.75) is 33.8 Å². The van der Waals surface area contributed by atoms with Crippen LogP contribution in [0.15, 0.2) is 0 Å². The molecule has 0 heterocycles. The predicted octanol–water partition coefficient (Wildman–Crippen LogP) is 1.61. The summed E-state index contributed by atoms with van der Waals surface area (Å²) in [7, 11) is 1.71. The Morgan fingerprint density at radius 2 is 1.73 bits per heavy atom. The van der Waals surface area contributed by atoms with Crippen molar-refractivity contribution < 1.29 is 9.84 Å². The van der Waals surface area contributed by atoms with Crippen LogP contribution >= 0.6 is 0 Å². The maximum atomic E-state index is 9.83. The molecule has 0 radical (unpaired) electrons. The van der Waals surface area contributed by atoms with Crippen LogP contribution in [0.2, 0.25) is 0 Å². The second kappa shape index (κ2) is 8.08. The Kier molecular flexibility index (Phi) is 8.02. The first-order chi connectivity index (χ1) is 6.97. The molecule has 0 amide bonds. The summed E-state index contributed by atoms with van der Waals surface area (Å²) in [6.45, 7) is 11.9. The average molecular weight is 217 g/mol. The van der Waals surface area contributed by atoms with E-state index in [0.717, 1.165) is 26.2 Å². The number of aliphatic hydroxyl groups excluding tert-OH is 1. The lowest BCUT2D eigenvalue weighted by molar-refractivity contribution is 0.0576. The smallest absolute Gasteiger partial charge is 0.0689 e. The molecule has 0 spiro atoms. The highest BCUT2D eigenvalue weighted by atomic mass is 16.5.